The molecule has 16 heavy (non-hydrogen) atoms. The summed E-state index contributed by atoms with van der Waals surface area (Å²) in [6, 6.07) is 3.76. The van der Waals surface area contributed by atoms with Gasteiger partial charge in [0.1, 0.15) is 0 Å². The van der Waals surface area contributed by atoms with Gasteiger partial charge in [0.25, 0.3) is 0 Å². The van der Waals surface area contributed by atoms with E-state index in [4.69, 9.17) is 0 Å². The van der Waals surface area contributed by atoms with Crippen LogP contribution in [0.15, 0.2) is 18.3 Å². The SMILES string of the molecule is Cc1cc(NCC(=O)NCC(C)C)ccn1. The largest absolute Gasteiger partial charge is 0.376 e. The van der Waals surface area contributed by atoms with Crippen molar-refractivity contribution in [2.45, 2.75) is 20.8 Å². The van der Waals surface area contributed by atoms with E-state index in [1.165, 1.54) is 0 Å². The van der Waals surface area contributed by atoms with Crippen molar-refractivity contribution < 1.29 is 4.79 Å². The van der Waals surface area contributed by atoms with Crippen molar-refractivity contribution in [3.8, 4) is 0 Å². The molecule has 0 fully saturated rings. The maximum absolute atomic E-state index is 11.4. The minimum atomic E-state index is 0.0168. The molecule has 0 saturated heterocycles. The van der Waals surface area contributed by atoms with Crippen LogP contribution in [0.25, 0.3) is 0 Å². The minimum Gasteiger partial charge on any atom is -0.376 e. The third kappa shape index (κ3) is 4.77. The van der Waals surface area contributed by atoms with E-state index in [9.17, 15) is 4.79 Å². The Morgan fingerprint density at radius 3 is 2.88 bits per heavy atom. The fourth-order valence-corrected chi connectivity index (χ4v) is 1.22. The number of nitrogens with zero attached hydrogens (tertiary/aromatic N) is 1. The van der Waals surface area contributed by atoms with Crippen LogP contribution in [0.1, 0.15) is 19.5 Å². The van der Waals surface area contributed by atoms with Gasteiger partial charge in [0.2, 0.25) is 5.91 Å². The number of aryl methyl sites for hydroxylation is 1. The first-order valence-electron chi connectivity index (χ1n) is 5.51. The molecule has 0 bridgehead atoms. The zero-order chi connectivity index (χ0) is 12.0. The maximum atomic E-state index is 11.4. The van der Waals surface area contributed by atoms with Crippen LogP contribution in [0, 0.1) is 12.8 Å². The fourth-order valence-electron chi connectivity index (χ4n) is 1.22. The van der Waals surface area contributed by atoms with Gasteiger partial charge in [-0.3, -0.25) is 9.78 Å². The molecule has 1 rings (SSSR count). The second-order valence-corrected chi connectivity index (χ2v) is 4.24. The molecule has 0 aliphatic carbocycles. The summed E-state index contributed by atoms with van der Waals surface area (Å²) in [5, 5.41) is 5.91. The number of nitrogens with one attached hydrogen (secondary N) is 2. The van der Waals surface area contributed by atoms with Crippen molar-refractivity contribution in [2.24, 2.45) is 5.92 Å². The first-order chi connectivity index (χ1) is 7.58. The summed E-state index contributed by atoms with van der Waals surface area (Å²) in [4.78, 5) is 15.5. The van der Waals surface area contributed by atoms with E-state index in [0.717, 1.165) is 17.9 Å². The third-order valence-corrected chi connectivity index (χ3v) is 2.06. The molecule has 0 aliphatic rings. The second-order valence-electron chi connectivity index (χ2n) is 4.24. The Labute approximate surface area is 96.5 Å². The Kier molecular flexibility index (Phi) is 4.76. The van der Waals surface area contributed by atoms with Crippen LogP contribution < -0.4 is 10.6 Å². The molecule has 4 heteroatoms. The Bertz CT molecular complexity index is 350. The summed E-state index contributed by atoms with van der Waals surface area (Å²) in [5.41, 5.74) is 1.86. The van der Waals surface area contributed by atoms with Crippen LogP contribution in [-0.2, 0) is 4.79 Å². The minimum absolute atomic E-state index is 0.0168. The average molecular weight is 221 g/mol. The van der Waals surface area contributed by atoms with Crippen LogP contribution in [0.3, 0.4) is 0 Å². The van der Waals surface area contributed by atoms with Gasteiger partial charge in [-0.15, -0.1) is 0 Å². The van der Waals surface area contributed by atoms with Crippen molar-refractivity contribution >= 4 is 11.6 Å². The number of pyridine rings is 1. The lowest BCUT2D eigenvalue weighted by Crippen LogP contribution is -2.32. The quantitative estimate of drug-likeness (QED) is 0.793. The topological polar surface area (TPSA) is 54.0 Å². The van der Waals surface area contributed by atoms with Gasteiger partial charge < -0.3 is 10.6 Å². The van der Waals surface area contributed by atoms with Crippen LogP contribution in [0.5, 0.6) is 0 Å². The molecule has 0 radical (unpaired) electrons. The van der Waals surface area contributed by atoms with E-state index in [0.29, 0.717) is 12.5 Å². The second kappa shape index (κ2) is 6.10. The van der Waals surface area contributed by atoms with E-state index in [2.05, 4.69) is 29.5 Å². The molecule has 0 spiro atoms. The molecule has 1 amide bonds. The lowest BCUT2D eigenvalue weighted by Gasteiger charge is -2.09. The van der Waals surface area contributed by atoms with Gasteiger partial charge in [0, 0.05) is 24.1 Å². The fraction of sp³-hybridized carbons (Fsp3) is 0.500. The molecule has 1 aromatic heterocycles. The maximum Gasteiger partial charge on any atom is 0.239 e. The molecule has 1 aromatic rings. The summed E-state index contributed by atoms with van der Waals surface area (Å²) in [6.45, 7) is 7.08. The Hall–Kier alpha value is -1.58. The highest BCUT2D eigenvalue weighted by atomic mass is 16.1. The Balaban J connectivity index is 2.31. The van der Waals surface area contributed by atoms with Crippen molar-refractivity contribution in [3.63, 3.8) is 0 Å². The standard InChI is InChI=1S/C12H19N3O/c1-9(2)7-15-12(16)8-14-11-4-5-13-10(3)6-11/h4-6,9H,7-8H2,1-3H3,(H,13,14)(H,15,16). The van der Waals surface area contributed by atoms with E-state index in [1.54, 1.807) is 6.20 Å². The Morgan fingerprint density at radius 1 is 1.50 bits per heavy atom. The number of amides is 1. The van der Waals surface area contributed by atoms with Gasteiger partial charge in [0.15, 0.2) is 0 Å². The zero-order valence-corrected chi connectivity index (χ0v) is 10.1. The summed E-state index contributed by atoms with van der Waals surface area (Å²) in [7, 11) is 0. The summed E-state index contributed by atoms with van der Waals surface area (Å²) in [6.07, 6.45) is 1.73. The van der Waals surface area contributed by atoms with Crippen molar-refractivity contribution in [1.29, 1.82) is 0 Å². The normalized spacial score (nSPS) is 10.2. The van der Waals surface area contributed by atoms with Crippen LogP contribution in [0.2, 0.25) is 0 Å². The number of hydrogen-bond donors (Lipinski definition) is 2. The van der Waals surface area contributed by atoms with Crippen LogP contribution in [0.4, 0.5) is 5.69 Å². The smallest absolute Gasteiger partial charge is 0.239 e. The molecule has 2 N–H and O–H groups in total. The number of carbonyl (C=O) groups excluding carboxylic acids is 1. The lowest BCUT2D eigenvalue weighted by molar-refractivity contribution is -0.119. The highest BCUT2D eigenvalue weighted by Crippen LogP contribution is 2.05. The Morgan fingerprint density at radius 2 is 2.25 bits per heavy atom. The highest BCUT2D eigenvalue weighted by Gasteiger charge is 2.01. The molecule has 4 nitrogen and oxygen atoms in total. The number of aromatic nitrogens is 1. The molecule has 0 unspecified atom stereocenters. The molecule has 88 valence electrons. The molecule has 0 aliphatic heterocycles. The van der Waals surface area contributed by atoms with Crippen LogP contribution in [-0.4, -0.2) is 24.0 Å². The van der Waals surface area contributed by atoms with E-state index in [1.807, 2.05) is 19.1 Å². The van der Waals surface area contributed by atoms with Gasteiger partial charge in [-0.1, -0.05) is 13.8 Å². The number of rotatable bonds is 5. The summed E-state index contributed by atoms with van der Waals surface area (Å²) < 4.78 is 0. The number of hydrogen-bond acceptors (Lipinski definition) is 3. The van der Waals surface area contributed by atoms with Crippen molar-refractivity contribution in [1.82, 2.24) is 10.3 Å². The van der Waals surface area contributed by atoms with E-state index < -0.39 is 0 Å². The van der Waals surface area contributed by atoms with Gasteiger partial charge in [-0.25, -0.2) is 0 Å². The highest BCUT2D eigenvalue weighted by molar-refractivity contribution is 5.80. The van der Waals surface area contributed by atoms with Crippen molar-refractivity contribution in [3.05, 3.63) is 24.0 Å². The summed E-state index contributed by atoms with van der Waals surface area (Å²) >= 11 is 0. The zero-order valence-electron chi connectivity index (χ0n) is 10.1. The summed E-state index contributed by atoms with van der Waals surface area (Å²) in [5.74, 6) is 0.496. The monoisotopic (exact) mass is 221 g/mol. The average Bonchev–Trinajstić information content (AvgIpc) is 2.23. The molecule has 1 heterocycles. The number of carbonyl (C=O) groups is 1. The predicted molar refractivity (Wildman–Crippen MR) is 65.3 cm³/mol. The van der Waals surface area contributed by atoms with Crippen LogP contribution >= 0.6 is 0 Å². The van der Waals surface area contributed by atoms with E-state index >= 15 is 0 Å². The molecule has 0 atom stereocenters. The molecular formula is C12H19N3O. The van der Waals surface area contributed by atoms with Gasteiger partial charge in [-0.05, 0) is 25.0 Å². The predicted octanol–water partition coefficient (Wildman–Crippen LogP) is 1.57. The first kappa shape index (κ1) is 12.5. The molecule has 0 aromatic carbocycles. The third-order valence-electron chi connectivity index (χ3n) is 2.06. The lowest BCUT2D eigenvalue weighted by atomic mass is 10.2. The van der Waals surface area contributed by atoms with Gasteiger partial charge >= 0.3 is 0 Å². The number of anilines is 1. The van der Waals surface area contributed by atoms with E-state index in [-0.39, 0.29) is 5.91 Å². The molecule has 0 saturated carbocycles. The van der Waals surface area contributed by atoms with Crippen molar-refractivity contribution in [2.75, 3.05) is 18.4 Å². The van der Waals surface area contributed by atoms with Gasteiger partial charge in [-0.2, -0.15) is 0 Å². The first-order valence-corrected chi connectivity index (χ1v) is 5.51. The molecular weight excluding hydrogens is 202 g/mol. The van der Waals surface area contributed by atoms with Gasteiger partial charge in [0.05, 0.1) is 6.54 Å².